The van der Waals surface area contributed by atoms with Crippen molar-refractivity contribution in [3.05, 3.63) is 90.4 Å². The number of nitrogens with zero attached hydrogens (tertiary/aromatic N) is 2. The van der Waals surface area contributed by atoms with Gasteiger partial charge in [-0.3, -0.25) is 0 Å². The lowest BCUT2D eigenvalue weighted by Gasteiger charge is -2.08. The van der Waals surface area contributed by atoms with Crippen molar-refractivity contribution in [2.45, 2.75) is 0 Å². The van der Waals surface area contributed by atoms with Crippen LogP contribution >= 0.6 is 11.6 Å². The molecule has 24 heavy (non-hydrogen) atoms. The van der Waals surface area contributed by atoms with Crippen molar-refractivity contribution < 1.29 is 0 Å². The quantitative estimate of drug-likeness (QED) is 0.687. The van der Waals surface area contributed by atoms with Gasteiger partial charge in [0.1, 0.15) is 6.33 Å². The molecule has 118 valence electrons. The SMILES string of the molecule is C=C/C=C(\N)c1cc(Cl)cc(-c2ccc(-c3ccncn3)cc2)c1. The van der Waals surface area contributed by atoms with Crippen molar-refractivity contribution in [1.82, 2.24) is 9.97 Å². The summed E-state index contributed by atoms with van der Waals surface area (Å²) < 4.78 is 0. The number of benzene rings is 2. The van der Waals surface area contributed by atoms with Crippen LogP contribution in [-0.4, -0.2) is 9.97 Å². The third kappa shape index (κ3) is 3.53. The topological polar surface area (TPSA) is 51.8 Å². The standard InChI is InChI=1S/C20H16ClN3/c1-2-3-19(22)17-10-16(11-18(21)12-17)14-4-6-15(7-5-14)20-8-9-23-13-24-20/h2-13H,1,22H2/b19-3-. The molecular formula is C20H16ClN3. The first-order chi connectivity index (χ1) is 11.7. The summed E-state index contributed by atoms with van der Waals surface area (Å²) in [4.78, 5) is 8.19. The highest BCUT2D eigenvalue weighted by atomic mass is 35.5. The molecule has 3 rings (SSSR count). The van der Waals surface area contributed by atoms with Gasteiger partial charge in [-0.1, -0.05) is 48.5 Å². The molecule has 0 aliphatic rings. The Morgan fingerprint density at radius 2 is 1.75 bits per heavy atom. The molecule has 1 heterocycles. The second kappa shape index (κ2) is 7.11. The first kappa shape index (κ1) is 16.0. The molecule has 0 radical (unpaired) electrons. The average molecular weight is 334 g/mol. The molecule has 0 saturated heterocycles. The van der Waals surface area contributed by atoms with E-state index in [0.29, 0.717) is 10.7 Å². The monoisotopic (exact) mass is 333 g/mol. The minimum atomic E-state index is 0.631. The van der Waals surface area contributed by atoms with E-state index in [0.717, 1.165) is 27.9 Å². The smallest absolute Gasteiger partial charge is 0.116 e. The number of hydrogen-bond donors (Lipinski definition) is 1. The second-order valence-corrected chi connectivity index (χ2v) is 5.69. The van der Waals surface area contributed by atoms with E-state index >= 15 is 0 Å². The molecule has 0 atom stereocenters. The minimum Gasteiger partial charge on any atom is -0.398 e. The second-order valence-electron chi connectivity index (χ2n) is 5.26. The molecule has 0 aliphatic carbocycles. The fraction of sp³-hybridized carbons (Fsp3) is 0. The molecule has 0 saturated carbocycles. The van der Waals surface area contributed by atoms with Crippen molar-refractivity contribution in [1.29, 1.82) is 0 Å². The molecular weight excluding hydrogens is 318 g/mol. The van der Waals surface area contributed by atoms with Crippen LogP contribution in [0.5, 0.6) is 0 Å². The number of allylic oxidation sites excluding steroid dienone is 2. The van der Waals surface area contributed by atoms with Gasteiger partial charge in [-0.15, -0.1) is 0 Å². The van der Waals surface area contributed by atoms with E-state index in [1.54, 1.807) is 24.7 Å². The highest BCUT2D eigenvalue weighted by Crippen LogP contribution is 2.28. The summed E-state index contributed by atoms with van der Waals surface area (Å²) in [5, 5.41) is 0.641. The van der Waals surface area contributed by atoms with Crippen LogP contribution in [0.15, 0.2) is 79.8 Å². The van der Waals surface area contributed by atoms with Crippen LogP contribution in [0.2, 0.25) is 5.02 Å². The Kier molecular flexibility index (Phi) is 4.73. The normalized spacial score (nSPS) is 11.3. The molecule has 0 unspecified atom stereocenters. The van der Waals surface area contributed by atoms with E-state index in [1.165, 1.54) is 0 Å². The van der Waals surface area contributed by atoms with Crippen LogP contribution in [0.3, 0.4) is 0 Å². The summed E-state index contributed by atoms with van der Waals surface area (Å²) in [6.07, 6.45) is 6.69. The van der Waals surface area contributed by atoms with Gasteiger partial charge in [0.25, 0.3) is 0 Å². The molecule has 0 amide bonds. The number of rotatable bonds is 4. The number of aromatic nitrogens is 2. The van der Waals surface area contributed by atoms with Crippen molar-refractivity contribution in [2.75, 3.05) is 0 Å². The van der Waals surface area contributed by atoms with Crippen molar-refractivity contribution >= 4 is 17.3 Å². The lowest BCUT2D eigenvalue weighted by atomic mass is 10.00. The highest BCUT2D eigenvalue weighted by Gasteiger charge is 2.05. The van der Waals surface area contributed by atoms with Crippen LogP contribution in [-0.2, 0) is 0 Å². The van der Waals surface area contributed by atoms with Crippen LogP contribution in [0.25, 0.3) is 28.1 Å². The number of hydrogen-bond acceptors (Lipinski definition) is 3. The molecule has 0 spiro atoms. The Balaban J connectivity index is 1.97. The van der Waals surface area contributed by atoms with Gasteiger partial charge in [0.15, 0.2) is 0 Å². The number of nitrogens with two attached hydrogens (primary N) is 1. The maximum absolute atomic E-state index is 6.25. The van der Waals surface area contributed by atoms with E-state index in [4.69, 9.17) is 17.3 Å². The minimum absolute atomic E-state index is 0.631. The molecule has 2 aromatic carbocycles. The predicted molar refractivity (Wildman–Crippen MR) is 100 cm³/mol. The summed E-state index contributed by atoms with van der Waals surface area (Å²) in [5.41, 5.74) is 11.5. The fourth-order valence-electron chi connectivity index (χ4n) is 2.44. The van der Waals surface area contributed by atoms with Crippen LogP contribution in [0.4, 0.5) is 0 Å². The van der Waals surface area contributed by atoms with Crippen molar-refractivity contribution in [3.8, 4) is 22.4 Å². The van der Waals surface area contributed by atoms with Gasteiger partial charge >= 0.3 is 0 Å². The van der Waals surface area contributed by atoms with Gasteiger partial charge in [-0.05, 0) is 47.0 Å². The molecule has 0 bridgehead atoms. The Morgan fingerprint density at radius 1 is 1.00 bits per heavy atom. The zero-order chi connectivity index (χ0) is 16.9. The van der Waals surface area contributed by atoms with Crippen molar-refractivity contribution in [3.63, 3.8) is 0 Å². The Labute approximate surface area is 146 Å². The predicted octanol–water partition coefficient (Wildman–Crippen LogP) is 4.95. The lowest BCUT2D eigenvalue weighted by Crippen LogP contribution is -1.96. The van der Waals surface area contributed by atoms with Gasteiger partial charge in [0, 0.05) is 22.5 Å². The summed E-state index contributed by atoms with van der Waals surface area (Å²) in [6.45, 7) is 3.67. The number of halogens is 1. The zero-order valence-corrected chi connectivity index (χ0v) is 13.7. The molecule has 2 N–H and O–H groups in total. The zero-order valence-electron chi connectivity index (χ0n) is 13.0. The molecule has 3 nitrogen and oxygen atoms in total. The van der Waals surface area contributed by atoms with E-state index in [1.807, 2.05) is 48.5 Å². The lowest BCUT2D eigenvalue weighted by molar-refractivity contribution is 1.17. The van der Waals surface area contributed by atoms with Gasteiger partial charge in [-0.25, -0.2) is 9.97 Å². The van der Waals surface area contributed by atoms with Crippen LogP contribution in [0, 0.1) is 0 Å². The van der Waals surface area contributed by atoms with Crippen molar-refractivity contribution in [2.24, 2.45) is 5.73 Å². The van der Waals surface area contributed by atoms with Gasteiger partial charge < -0.3 is 5.73 Å². The van der Waals surface area contributed by atoms with Gasteiger partial charge in [-0.2, -0.15) is 0 Å². The first-order valence-electron chi connectivity index (χ1n) is 7.43. The Bertz CT molecular complexity index is 885. The Morgan fingerprint density at radius 3 is 2.42 bits per heavy atom. The first-order valence-corrected chi connectivity index (χ1v) is 7.81. The summed E-state index contributed by atoms with van der Waals surface area (Å²) in [6, 6.07) is 15.8. The third-order valence-electron chi connectivity index (χ3n) is 3.62. The summed E-state index contributed by atoms with van der Waals surface area (Å²) >= 11 is 6.25. The largest absolute Gasteiger partial charge is 0.398 e. The Hall–Kier alpha value is -2.91. The van der Waals surface area contributed by atoms with Gasteiger partial charge in [0.2, 0.25) is 0 Å². The molecule has 0 aliphatic heterocycles. The maximum atomic E-state index is 6.25. The van der Waals surface area contributed by atoms with E-state index in [9.17, 15) is 0 Å². The fourth-order valence-corrected chi connectivity index (χ4v) is 2.68. The third-order valence-corrected chi connectivity index (χ3v) is 3.84. The summed E-state index contributed by atoms with van der Waals surface area (Å²) in [5.74, 6) is 0. The van der Waals surface area contributed by atoms with E-state index in [2.05, 4.69) is 16.5 Å². The molecule has 3 aromatic rings. The maximum Gasteiger partial charge on any atom is 0.116 e. The molecule has 1 aromatic heterocycles. The molecule has 0 fully saturated rings. The average Bonchev–Trinajstić information content (AvgIpc) is 2.62. The van der Waals surface area contributed by atoms with Crippen LogP contribution in [0.1, 0.15) is 5.56 Å². The summed E-state index contributed by atoms with van der Waals surface area (Å²) in [7, 11) is 0. The van der Waals surface area contributed by atoms with E-state index < -0.39 is 0 Å². The molecule has 4 heteroatoms. The van der Waals surface area contributed by atoms with E-state index in [-0.39, 0.29) is 0 Å². The van der Waals surface area contributed by atoms with Gasteiger partial charge in [0.05, 0.1) is 5.69 Å². The van der Waals surface area contributed by atoms with Crippen LogP contribution < -0.4 is 5.73 Å². The highest BCUT2D eigenvalue weighted by molar-refractivity contribution is 6.31.